The summed E-state index contributed by atoms with van der Waals surface area (Å²) in [5.74, 6) is 0.394. The number of carbonyl (C=O) groups is 1. The predicted octanol–water partition coefficient (Wildman–Crippen LogP) is 1.86. The lowest BCUT2D eigenvalue weighted by atomic mass is 9.85. The van der Waals surface area contributed by atoms with E-state index in [1.54, 1.807) is 25.1 Å². The first kappa shape index (κ1) is 13.8. The van der Waals surface area contributed by atoms with Gasteiger partial charge in [-0.15, -0.1) is 0 Å². The molecule has 0 bridgehead atoms. The first-order chi connectivity index (χ1) is 8.69. The van der Waals surface area contributed by atoms with Gasteiger partial charge in [0.2, 0.25) is 0 Å². The van der Waals surface area contributed by atoms with E-state index in [1.807, 2.05) is 0 Å². The van der Waals surface area contributed by atoms with Crippen molar-refractivity contribution in [1.82, 2.24) is 14.7 Å². The van der Waals surface area contributed by atoms with Gasteiger partial charge in [-0.25, -0.2) is 4.98 Å². The van der Waals surface area contributed by atoms with Crippen LogP contribution in [0.25, 0.3) is 0 Å². The van der Waals surface area contributed by atoms with E-state index in [4.69, 9.17) is 0 Å². The predicted molar refractivity (Wildman–Crippen MR) is 72.0 cm³/mol. The molecule has 1 saturated carbocycles. The fourth-order valence-corrected chi connectivity index (χ4v) is 4.27. The van der Waals surface area contributed by atoms with Crippen molar-refractivity contribution in [3.05, 3.63) is 6.33 Å². The number of likely N-dealkylation sites (N-methyl/N-ethyl adjacent to an activating group) is 1. The molecule has 0 aliphatic heterocycles. The molecule has 5 nitrogen and oxygen atoms in total. The highest BCUT2D eigenvalue weighted by Crippen LogP contribution is 2.39. The summed E-state index contributed by atoms with van der Waals surface area (Å²) in [7, 11) is 1.75. The SMILES string of the molecule is CNC1(C(=O)O)CCCC1CCSc1ncns1. The summed E-state index contributed by atoms with van der Waals surface area (Å²) in [6, 6.07) is 0. The maximum absolute atomic E-state index is 11.5. The summed E-state index contributed by atoms with van der Waals surface area (Å²) in [6.45, 7) is 0. The van der Waals surface area contributed by atoms with Crippen LogP contribution in [0.4, 0.5) is 0 Å². The number of rotatable bonds is 6. The molecule has 100 valence electrons. The van der Waals surface area contributed by atoms with Crippen LogP contribution in [0.1, 0.15) is 25.7 Å². The van der Waals surface area contributed by atoms with Crippen molar-refractivity contribution >= 4 is 29.3 Å². The molecule has 1 heterocycles. The molecule has 0 amide bonds. The Bertz CT molecular complexity index is 399. The van der Waals surface area contributed by atoms with E-state index >= 15 is 0 Å². The normalized spacial score (nSPS) is 27.5. The molecular weight excluding hydrogens is 270 g/mol. The highest BCUT2D eigenvalue weighted by Gasteiger charge is 2.47. The van der Waals surface area contributed by atoms with Crippen molar-refractivity contribution in [2.45, 2.75) is 35.6 Å². The Hall–Kier alpha value is -0.660. The third-order valence-corrected chi connectivity index (χ3v) is 5.51. The molecule has 0 spiro atoms. The van der Waals surface area contributed by atoms with Crippen LogP contribution >= 0.6 is 23.3 Å². The third-order valence-electron chi connectivity index (χ3n) is 3.68. The maximum atomic E-state index is 11.5. The Morgan fingerprint density at radius 2 is 2.61 bits per heavy atom. The zero-order valence-corrected chi connectivity index (χ0v) is 11.9. The molecule has 0 saturated heterocycles. The van der Waals surface area contributed by atoms with Gasteiger partial charge >= 0.3 is 5.97 Å². The molecule has 7 heteroatoms. The molecule has 2 atom stereocenters. The Labute approximate surface area is 115 Å². The van der Waals surface area contributed by atoms with Gasteiger partial charge in [0.1, 0.15) is 11.9 Å². The van der Waals surface area contributed by atoms with Crippen LogP contribution in [0, 0.1) is 5.92 Å². The fourth-order valence-electron chi connectivity index (χ4n) is 2.70. The maximum Gasteiger partial charge on any atom is 0.324 e. The van der Waals surface area contributed by atoms with Gasteiger partial charge < -0.3 is 10.4 Å². The largest absolute Gasteiger partial charge is 0.480 e. The number of thioether (sulfide) groups is 1. The first-order valence-electron chi connectivity index (χ1n) is 6.01. The molecule has 0 radical (unpaired) electrons. The second-order valence-electron chi connectivity index (χ2n) is 4.46. The second-order valence-corrected chi connectivity index (χ2v) is 6.58. The van der Waals surface area contributed by atoms with Gasteiger partial charge in [-0.1, -0.05) is 18.2 Å². The molecule has 0 aromatic carbocycles. The number of aliphatic carboxylic acids is 1. The number of nitrogens with zero attached hydrogens (tertiary/aromatic N) is 2. The minimum Gasteiger partial charge on any atom is -0.480 e. The Morgan fingerprint density at radius 3 is 3.22 bits per heavy atom. The molecule has 18 heavy (non-hydrogen) atoms. The average Bonchev–Trinajstić information content (AvgIpc) is 2.98. The van der Waals surface area contributed by atoms with E-state index in [-0.39, 0.29) is 5.92 Å². The monoisotopic (exact) mass is 287 g/mol. The van der Waals surface area contributed by atoms with E-state index in [0.29, 0.717) is 0 Å². The summed E-state index contributed by atoms with van der Waals surface area (Å²) >= 11 is 3.05. The quantitative estimate of drug-likeness (QED) is 0.778. The van der Waals surface area contributed by atoms with E-state index in [2.05, 4.69) is 14.7 Å². The number of hydrogen-bond acceptors (Lipinski definition) is 6. The molecule has 1 aromatic rings. The molecule has 1 aliphatic rings. The number of nitrogens with one attached hydrogen (secondary N) is 1. The highest BCUT2D eigenvalue weighted by atomic mass is 32.2. The van der Waals surface area contributed by atoms with Crippen molar-refractivity contribution in [2.24, 2.45) is 5.92 Å². The van der Waals surface area contributed by atoms with Gasteiger partial charge in [0.25, 0.3) is 0 Å². The van der Waals surface area contributed by atoms with Crippen LogP contribution in [0.5, 0.6) is 0 Å². The standard InChI is InChI=1S/C11H17N3O2S2/c1-12-11(9(15)16)5-2-3-8(11)4-6-17-10-13-7-14-18-10/h7-8,12H,2-6H2,1H3,(H,15,16). The van der Waals surface area contributed by atoms with E-state index < -0.39 is 11.5 Å². The average molecular weight is 287 g/mol. The lowest BCUT2D eigenvalue weighted by molar-refractivity contribution is -0.146. The van der Waals surface area contributed by atoms with Crippen LogP contribution in [0.3, 0.4) is 0 Å². The van der Waals surface area contributed by atoms with Gasteiger partial charge in [0, 0.05) is 5.75 Å². The summed E-state index contributed by atoms with van der Waals surface area (Å²) in [5, 5.41) is 12.5. The van der Waals surface area contributed by atoms with Crippen molar-refractivity contribution in [1.29, 1.82) is 0 Å². The van der Waals surface area contributed by atoms with Gasteiger partial charge in [-0.3, -0.25) is 4.79 Å². The summed E-state index contributed by atoms with van der Waals surface area (Å²) in [5.41, 5.74) is -0.721. The van der Waals surface area contributed by atoms with E-state index in [1.165, 1.54) is 11.5 Å². The van der Waals surface area contributed by atoms with E-state index in [9.17, 15) is 9.90 Å². The lowest BCUT2D eigenvalue weighted by Crippen LogP contribution is -2.53. The summed E-state index contributed by atoms with van der Waals surface area (Å²) in [4.78, 5) is 15.6. The van der Waals surface area contributed by atoms with Gasteiger partial charge in [-0.2, -0.15) is 4.37 Å². The molecule has 1 aromatic heterocycles. The van der Waals surface area contributed by atoms with E-state index in [0.717, 1.165) is 35.8 Å². The summed E-state index contributed by atoms with van der Waals surface area (Å²) < 4.78 is 4.91. The van der Waals surface area contributed by atoms with Crippen LogP contribution < -0.4 is 5.32 Å². The van der Waals surface area contributed by atoms with Crippen LogP contribution in [0.2, 0.25) is 0 Å². The molecule has 2 unspecified atom stereocenters. The van der Waals surface area contributed by atoms with Crippen molar-refractivity contribution in [2.75, 3.05) is 12.8 Å². The molecule has 1 fully saturated rings. The minimum absolute atomic E-state index is 0.209. The zero-order chi connectivity index (χ0) is 13.0. The Kier molecular flexibility index (Phi) is 4.58. The molecular formula is C11H17N3O2S2. The summed E-state index contributed by atoms with van der Waals surface area (Å²) in [6.07, 6.45) is 5.16. The van der Waals surface area contributed by atoms with Crippen molar-refractivity contribution in [3.63, 3.8) is 0 Å². The number of aromatic nitrogens is 2. The zero-order valence-electron chi connectivity index (χ0n) is 10.3. The van der Waals surface area contributed by atoms with Gasteiger partial charge in [-0.05, 0) is 43.8 Å². The third kappa shape index (κ3) is 2.67. The topological polar surface area (TPSA) is 75.1 Å². The highest BCUT2D eigenvalue weighted by molar-refractivity contribution is 8.00. The van der Waals surface area contributed by atoms with Gasteiger partial charge in [0.15, 0.2) is 4.34 Å². The Morgan fingerprint density at radius 1 is 1.78 bits per heavy atom. The lowest BCUT2D eigenvalue weighted by Gasteiger charge is -2.30. The second kappa shape index (κ2) is 5.99. The fraction of sp³-hybridized carbons (Fsp3) is 0.727. The van der Waals surface area contributed by atoms with Crippen LogP contribution in [-0.4, -0.2) is 38.8 Å². The molecule has 1 aliphatic carbocycles. The smallest absolute Gasteiger partial charge is 0.324 e. The van der Waals surface area contributed by atoms with Crippen LogP contribution in [0.15, 0.2) is 10.7 Å². The number of hydrogen-bond donors (Lipinski definition) is 2. The Balaban J connectivity index is 1.89. The minimum atomic E-state index is -0.721. The molecule has 2 rings (SSSR count). The number of carboxylic acid groups (broad SMARTS) is 1. The molecule has 2 N–H and O–H groups in total. The van der Waals surface area contributed by atoms with Gasteiger partial charge in [0.05, 0.1) is 0 Å². The van der Waals surface area contributed by atoms with Crippen LogP contribution in [-0.2, 0) is 4.79 Å². The first-order valence-corrected chi connectivity index (χ1v) is 7.76. The van der Waals surface area contributed by atoms with Crippen molar-refractivity contribution < 1.29 is 9.90 Å². The number of carboxylic acids is 1. The van der Waals surface area contributed by atoms with Crippen molar-refractivity contribution in [3.8, 4) is 0 Å².